The molecule has 2 aromatic rings. The second-order valence-corrected chi connectivity index (χ2v) is 19.8. The molecule has 1 saturated heterocycles. The van der Waals surface area contributed by atoms with Crippen LogP contribution in [0.5, 0.6) is 0 Å². The highest BCUT2D eigenvalue weighted by Gasteiger charge is 2.29. The van der Waals surface area contributed by atoms with Crippen molar-refractivity contribution in [3.63, 3.8) is 0 Å². The van der Waals surface area contributed by atoms with Crippen LogP contribution in [0.25, 0.3) is 16.0 Å². The first-order chi connectivity index (χ1) is 32.5. The number of benzene rings is 2. The summed E-state index contributed by atoms with van der Waals surface area (Å²) in [6.45, 7) is 18.4. The van der Waals surface area contributed by atoms with E-state index in [-0.39, 0.29) is 46.3 Å². The predicted molar refractivity (Wildman–Crippen MR) is 269 cm³/mol. The molecule has 0 spiro atoms. The Labute approximate surface area is 404 Å². The van der Waals surface area contributed by atoms with Crippen molar-refractivity contribution < 1.29 is 24.2 Å². The van der Waals surface area contributed by atoms with Crippen molar-refractivity contribution in [1.82, 2.24) is 21.3 Å². The summed E-state index contributed by atoms with van der Waals surface area (Å²) >= 11 is 3.33. The fourth-order valence-electron chi connectivity index (χ4n) is 8.55. The van der Waals surface area contributed by atoms with Gasteiger partial charge in [0, 0.05) is 66.8 Å². The number of hydrogen-bond donors (Lipinski definition) is 6. The molecule has 0 aromatic heterocycles. The normalized spacial score (nSPS) is 21.2. The van der Waals surface area contributed by atoms with Crippen molar-refractivity contribution in [2.45, 2.75) is 90.9 Å². The van der Waals surface area contributed by atoms with E-state index < -0.39 is 11.1 Å². The molecule has 68 heavy (non-hydrogen) atoms. The van der Waals surface area contributed by atoms with Gasteiger partial charge in [-0.1, -0.05) is 64.6 Å². The van der Waals surface area contributed by atoms with E-state index >= 15 is 0 Å². The van der Waals surface area contributed by atoms with Crippen LogP contribution < -0.4 is 31.9 Å². The van der Waals surface area contributed by atoms with Crippen LogP contribution in [0.15, 0.2) is 91.2 Å². The lowest BCUT2D eigenvalue weighted by atomic mass is 9.76. The van der Waals surface area contributed by atoms with Crippen LogP contribution in [0.4, 0.5) is 16.2 Å². The number of hydrogen-bond acceptors (Lipinski definition) is 10. The molecule has 18 nitrogen and oxygen atoms in total. The number of allylic oxidation sites excluding steroid dienone is 6. The maximum absolute atomic E-state index is 12.8. The fraction of sp³-hybridized carbons (Fsp3) is 0.429. The number of ether oxygens (including phenoxy) is 1. The number of nitrogens with one attached hydrogen (secondary N) is 6. The topological polar surface area (TPSA) is 230 Å². The lowest BCUT2D eigenvalue weighted by Gasteiger charge is -2.30. The van der Waals surface area contributed by atoms with Gasteiger partial charge in [0.05, 0.1) is 13.7 Å². The van der Waals surface area contributed by atoms with E-state index in [1.54, 1.807) is 6.08 Å². The molecule has 4 aliphatic heterocycles. The van der Waals surface area contributed by atoms with Gasteiger partial charge in [-0.3, -0.25) is 19.9 Å². The molecule has 8 rings (SSSR count). The molecule has 1 fully saturated rings. The summed E-state index contributed by atoms with van der Waals surface area (Å²) in [5, 5.41) is 30.9. The molecule has 0 saturated carbocycles. The van der Waals surface area contributed by atoms with Gasteiger partial charge >= 0.3 is 6.09 Å². The monoisotopic (exact) mass is 988 g/mol. The molecule has 6 aliphatic rings. The van der Waals surface area contributed by atoms with E-state index in [1.165, 1.54) is 18.3 Å². The highest BCUT2D eigenvalue weighted by atomic mass is 79.9. The predicted octanol–water partition coefficient (Wildman–Crippen LogP) is 8.35. The largest absolute Gasteiger partial charge is 0.453 e. The van der Waals surface area contributed by atoms with E-state index in [9.17, 15) is 24.5 Å². The van der Waals surface area contributed by atoms with Crippen molar-refractivity contribution in [2.75, 3.05) is 43.9 Å². The van der Waals surface area contributed by atoms with E-state index in [0.29, 0.717) is 66.7 Å². The quantitative estimate of drug-likeness (QED) is 0.0613. The number of hydrazone groups is 1. The number of carbonyl (C=O) groups is 3. The number of methoxy groups -OCH3 is 1. The minimum Gasteiger partial charge on any atom is -0.453 e. The minimum absolute atomic E-state index is 0.0828. The number of alkyl carbamates (subject to hydrolysis) is 1. The molecule has 19 heteroatoms. The number of nitro groups is 1. The summed E-state index contributed by atoms with van der Waals surface area (Å²) in [6.07, 6.45) is 14.4. The zero-order chi connectivity index (χ0) is 48.6. The van der Waals surface area contributed by atoms with Gasteiger partial charge in [-0.2, -0.15) is 0 Å². The summed E-state index contributed by atoms with van der Waals surface area (Å²) in [5.41, 5.74) is 9.54. The number of halogens is 1. The lowest BCUT2D eigenvalue weighted by molar-refractivity contribution is -0.485. The standard InChI is InChI=1S/C25H30BrN5O3.C24H27N7O3/c1-25(2)10-8-15(9-11-25)18-12-16(17-13-27-23(28-14-17)31-24(33)34-3)4-5-19(18)30-22(32)20-6-7-21(26)29-20;1-24(2)10-8-15(9-11-24)18-12-16(17-13-26-23(27-14-17)30-31(33)34)4-5-19(18)29-22(32)20-6-7-21(25-3)28-20/h4-5,7-8,12,17H,6,9-11,13-14H2,1-3H3,(H,30,32)(H2,27,28,31,33);4-5,7-8,12,17H,6,9-11,13-14H2,1-2H3,(H,29,32)(H2,26,27,30). The Hall–Kier alpha value is -6.94. The third-order valence-electron chi connectivity index (χ3n) is 12.8. The van der Waals surface area contributed by atoms with Gasteiger partial charge in [0.1, 0.15) is 15.4 Å². The molecule has 356 valence electrons. The molecule has 0 bridgehead atoms. The van der Waals surface area contributed by atoms with Crippen molar-refractivity contribution in [2.24, 2.45) is 30.9 Å². The molecule has 6 N–H and O–H groups in total. The van der Waals surface area contributed by atoms with Gasteiger partial charge in [-0.15, -0.1) is 4.99 Å². The summed E-state index contributed by atoms with van der Waals surface area (Å²) in [7, 11) is 1.32. The van der Waals surface area contributed by atoms with E-state index in [1.807, 2.05) is 30.3 Å². The van der Waals surface area contributed by atoms with Crippen LogP contribution in [-0.4, -0.2) is 79.6 Å². The van der Waals surface area contributed by atoms with Gasteiger partial charge in [-0.25, -0.2) is 19.9 Å². The van der Waals surface area contributed by atoms with Gasteiger partial charge in [0.2, 0.25) is 5.96 Å². The zero-order valence-electron chi connectivity index (χ0n) is 38.9. The molecule has 4 heterocycles. The molecule has 1 unspecified atom stereocenters. The molecule has 0 radical (unpaired) electrons. The maximum Gasteiger partial charge on any atom is 0.413 e. The molecule has 3 amide bonds. The number of carbonyl (C=O) groups excluding carboxylic acids is 3. The Morgan fingerprint density at radius 2 is 1.35 bits per heavy atom. The van der Waals surface area contributed by atoms with E-state index in [4.69, 9.17) is 6.57 Å². The minimum atomic E-state index is -0.729. The summed E-state index contributed by atoms with van der Waals surface area (Å²) in [4.78, 5) is 63.8. The third kappa shape index (κ3) is 12.7. The van der Waals surface area contributed by atoms with Gasteiger partial charge in [0.25, 0.3) is 23.6 Å². The lowest BCUT2D eigenvalue weighted by Crippen LogP contribution is -2.48. The highest BCUT2D eigenvalue weighted by Crippen LogP contribution is 2.42. The first-order valence-corrected chi connectivity index (χ1v) is 23.5. The Kier molecular flexibility index (Phi) is 15.4. The molecule has 2 aliphatic carbocycles. The number of amides is 3. The average molecular weight is 990 g/mol. The fourth-order valence-corrected chi connectivity index (χ4v) is 8.92. The van der Waals surface area contributed by atoms with Crippen LogP contribution >= 0.6 is 15.9 Å². The van der Waals surface area contributed by atoms with E-state index in [0.717, 1.165) is 66.5 Å². The summed E-state index contributed by atoms with van der Waals surface area (Å²) in [5.74, 6) is 0.566. The Morgan fingerprint density at radius 1 is 0.809 bits per heavy atom. The second kappa shape index (κ2) is 21.3. The molecular weight excluding hydrogens is 933 g/mol. The van der Waals surface area contributed by atoms with Gasteiger partial charge in [-0.05, 0) is 118 Å². The summed E-state index contributed by atoms with van der Waals surface area (Å²) < 4.78 is 5.32. The van der Waals surface area contributed by atoms with Crippen molar-refractivity contribution >= 4 is 79.7 Å². The average Bonchev–Trinajstić information content (AvgIpc) is 4.00. The van der Waals surface area contributed by atoms with Crippen molar-refractivity contribution in [3.05, 3.63) is 115 Å². The number of guanidine groups is 2. The van der Waals surface area contributed by atoms with Gasteiger partial charge < -0.3 is 36.2 Å². The molecule has 1 atom stereocenters. The smallest absolute Gasteiger partial charge is 0.413 e. The van der Waals surface area contributed by atoms with Crippen LogP contribution in [0.2, 0.25) is 0 Å². The number of aliphatic imine (C=N–C) groups is 3. The van der Waals surface area contributed by atoms with Crippen LogP contribution in [0, 0.1) is 27.5 Å². The second-order valence-electron chi connectivity index (χ2n) is 19.0. The van der Waals surface area contributed by atoms with Crippen molar-refractivity contribution in [1.29, 1.82) is 0 Å². The molecule has 2 aromatic carbocycles. The van der Waals surface area contributed by atoms with Crippen LogP contribution in [0.1, 0.15) is 113 Å². The van der Waals surface area contributed by atoms with Gasteiger partial charge in [0.15, 0.2) is 10.7 Å². The number of nitrogens with zero attached hydrogens (tertiary/aromatic N) is 6. The van der Waals surface area contributed by atoms with Crippen molar-refractivity contribution in [3.8, 4) is 0 Å². The number of rotatable bonds is 9. The molecular formula is C49H57BrN12O6. The van der Waals surface area contributed by atoms with E-state index in [2.05, 4.69) is 129 Å². The van der Waals surface area contributed by atoms with Crippen LogP contribution in [-0.2, 0) is 14.3 Å². The Balaban J connectivity index is 0.000000201. The zero-order valence-corrected chi connectivity index (χ0v) is 40.5. The Morgan fingerprint density at radius 3 is 1.81 bits per heavy atom. The third-order valence-corrected chi connectivity index (χ3v) is 13.3. The highest BCUT2D eigenvalue weighted by molar-refractivity contribution is 9.11. The first-order valence-electron chi connectivity index (χ1n) is 22.7. The maximum atomic E-state index is 12.8. The number of anilines is 2. The SMILES string of the molecule is COC(=O)NC1=NCC(c2ccc(NC(=O)C3=NC(Br)=CC3)c(C3=CCC(C)(C)CC3)c2)CN1.[C-]#[N+]C1=CCC(C(=O)Nc2ccc(C3CNC(=N[N+](=O)[O-])NC3)cc2C2=CCC(C)(C)CC2)=N1. The van der Waals surface area contributed by atoms with Crippen LogP contribution in [0.3, 0.4) is 0 Å². The Bertz CT molecular complexity index is 2660. The first kappa shape index (κ1) is 49.0. The summed E-state index contributed by atoms with van der Waals surface area (Å²) in [6, 6.07) is 12.2.